The van der Waals surface area contributed by atoms with Gasteiger partial charge in [0.15, 0.2) is 0 Å². The monoisotopic (exact) mass is 522 g/mol. The maximum absolute atomic E-state index is 12.7. The number of hydrogen-bond acceptors (Lipinski definition) is 8. The van der Waals surface area contributed by atoms with Gasteiger partial charge in [-0.25, -0.2) is 0 Å². The van der Waals surface area contributed by atoms with Gasteiger partial charge in [-0.05, 0) is 12.8 Å². The summed E-state index contributed by atoms with van der Waals surface area (Å²) in [6.07, 6.45) is 2.96. The van der Waals surface area contributed by atoms with E-state index in [1.807, 2.05) is 13.8 Å². The lowest BCUT2D eigenvalue weighted by Gasteiger charge is -2.16. The molecule has 0 heterocycles. The number of carbonyl (C=O) groups excluding carboxylic acids is 4. The molecule has 8 heteroatoms. The van der Waals surface area contributed by atoms with Crippen LogP contribution in [-0.2, 0) is 28.7 Å². The number of ether oxygens (including phenoxy) is 4. The first-order valence-corrected chi connectivity index (χ1v) is 13.1. The normalized spacial score (nSPS) is 10.8. The van der Waals surface area contributed by atoms with E-state index >= 15 is 0 Å². The van der Waals surface area contributed by atoms with Crippen LogP contribution in [0.3, 0.4) is 0 Å². The largest absolute Gasteiger partial charge is 0.466 e. The van der Waals surface area contributed by atoms with E-state index < -0.39 is 23.9 Å². The first-order chi connectivity index (χ1) is 18.4. The number of carbonyl (C=O) groups is 4. The molecule has 0 fully saturated rings. The maximum atomic E-state index is 12.7. The topological polar surface area (TPSA) is 105 Å². The first kappa shape index (κ1) is 28.6. The second kappa shape index (κ2) is 14.7. The van der Waals surface area contributed by atoms with Crippen LogP contribution in [0, 0.1) is 0 Å². The van der Waals surface area contributed by atoms with Gasteiger partial charge in [0.25, 0.3) is 0 Å². The average molecular weight is 523 g/mol. The Morgan fingerprint density at radius 3 is 1.16 bits per heavy atom. The quantitative estimate of drug-likeness (QED) is 0.109. The molecule has 0 amide bonds. The lowest BCUT2D eigenvalue weighted by molar-refractivity contribution is -0.147. The van der Waals surface area contributed by atoms with E-state index in [0.29, 0.717) is 46.3 Å². The molecule has 0 saturated carbocycles. The van der Waals surface area contributed by atoms with Gasteiger partial charge in [0, 0.05) is 21.5 Å². The Bertz CT molecular complexity index is 1120. The molecule has 202 valence electrons. The summed E-state index contributed by atoms with van der Waals surface area (Å²) in [5.41, 5.74) is 0. The highest BCUT2D eigenvalue weighted by Crippen LogP contribution is 2.43. The van der Waals surface area contributed by atoms with Gasteiger partial charge in [-0.1, -0.05) is 75.2 Å². The van der Waals surface area contributed by atoms with Crippen LogP contribution in [-0.4, -0.2) is 37.1 Å². The van der Waals surface area contributed by atoms with Crippen LogP contribution >= 0.6 is 0 Å². The lowest BCUT2D eigenvalue weighted by Crippen LogP contribution is -2.14. The van der Waals surface area contributed by atoms with Gasteiger partial charge in [0.2, 0.25) is 0 Å². The summed E-state index contributed by atoms with van der Waals surface area (Å²) in [4.78, 5) is 49.2. The highest BCUT2D eigenvalue weighted by Gasteiger charge is 2.21. The van der Waals surface area contributed by atoms with E-state index in [-0.39, 0.29) is 25.7 Å². The number of unbranched alkanes of at least 4 members (excludes halogenated alkanes) is 2. The molecule has 0 radical (unpaired) electrons. The van der Waals surface area contributed by atoms with Crippen molar-refractivity contribution in [3.8, 4) is 11.5 Å². The lowest BCUT2D eigenvalue weighted by atomic mass is 10.0. The summed E-state index contributed by atoms with van der Waals surface area (Å²) in [7, 11) is 0. The van der Waals surface area contributed by atoms with Crippen molar-refractivity contribution >= 4 is 45.4 Å². The number of hydrogen-bond donors (Lipinski definition) is 0. The number of fused-ring (bicyclic) bond motifs is 2. The van der Waals surface area contributed by atoms with E-state index in [4.69, 9.17) is 18.9 Å². The van der Waals surface area contributed by atoms with Crippen LogP contribution in [0.2, 0.25) is 0 Å². The summed E-state index contributed by atoms with van der Waals surface area (Å²) >= 11 is 0. The molecule has 3 aromatic carbocycles. The minimum Gasteiger partial charge on any atom is -0.466 e. The van der Waals surface area contributed by atoms with E-state index in [1.54, 1.807) is 48.5 Å². The molecule has 0 aliphatic rings. The van der Waals surface area contributed by atoms with Crippen LogP contribution in [0.4, 0.5) is 0 Å². The zero-order valence-electron chi connectivity index (χ0n) is 22.0. The van der Waals surface area contributed by atoms with E-state index in [2.05, 4.69) is 0 Å². The zero-order chi connectivity index (χ0) is 27.3. The second-order valence-corrected chi connectivity index (χ2v) is 8.85. The third kappa shape index (κ3) is 8.03. The fourth-order valence-electron chi connectivity index (χ4n) is 3.81. The van der Waals surface area contributed by atoms with Gasteiger partial charge in [0.05, 0.1) is 38.9 Å². The van der Waals surface area contributed by atoms with Crippen molar-refractivity contribution in [2.24, 2.45) is 0 Å². The van der Waals surface area contributed by atoms with Gasteiger partial charge in [-0.3, -0.25) is 19.2 Å². The second-order valence-electron chi connectivity index (χ2n) is 8.85. The van der Waals surface area contributed by atoms with Crippen molar-refractivity contribution in [2.75, 3.05) is 13.2 Å². The van der Waals surface area contributed by atoms with E-state index in [1.165, 1.54) is 0 Å². The summed E-state index contributed by atoms with van der Waals surface area (Å²) in [6, 6.07) is 14.2. The Morgan fingerprint density at radius 2 is 0.842 bits per heavy atom. The zero-order valence-corrected chi connectivity index (χ0v) is 22.0. The van der Waals surface area contributed by atoms with Gasteiger partial charge in [0.1, 0.15) is 11.5 Å². The van der Waals surface area contributed by atoms with Crippen LogP contribution in [0.15, 0.2) is 48.5 Å². The predicted octanol–water partition coefficient (Wildman–Crippen LogP) is 6.05. The molecule has 3 rings (SSSR count). The molecule has 8 nitrogen and oxygen atoms in total. The minimum absolute atomic E-state index is 0.0744. The Morgan fingerprint density at radius 1 is 0.526 bits per heavy atom. The van der Waals surface area contributed by atoms with Gasteiger partial charge >= 0.3 is 23.9 Å². The van der Waals surface area contributed by atoms with Crippen molar-refractivity contribution in [2.45, 2.75) is 65.2 Å². The number of benzene rings is 3. The van der Waals surface area contributed by atoms with Crippen LogP contribution in [0.5, 0.6) is 11.5 Å². The molecule has 0 N–H and O–H groups in total. The minimum atomic E-state index is -0.570. The summed E-state index contributed by atoms with van der Waals surface area (Å²) in [6.45, 7) is 4.66. The maximum Gasteiger partial charge on any atom is 0.311 e. The fourth-order valence-corrected chi connectivity index (χ4v) is 3.81. The van der Waals surface area contributed by atoms with Crippen molar-refractivity contribution in [1.29, 1.82) is 0 Å². The van der Waals surface area contributed by atoms with E-state index in [0.717, 1.165) is 25.7 Å². The SMILES string of the molecule is CCCCOC(=O)CCC(=O)Oc1c2ccccc2c(OC(=O)CCC(=O)OCCCC)c2ccccc12. The summed E-state index contributed by atoms with van der Waals surface area (Å²) < 4.78 is 21.7. The van der Waals surface area contributed by atoms with Crippen LogP contribution in [0.1, 0.15) is 65.2 Å². The molecule has 0 saturated heterocycles. The smallest absolute Gasteiger partial charge is 0.311 e. The molecule has 0 aliphatic carbocycles. The molecule has 0 aromatic heterocycles. The van der Waals surface area contributed by atoms with Crippen molar-refractivity contribution in [1.82, 2.24) is 0 Å². The van der Waals surface area contributed by atoms with Crippen molar-refractivity contribution in [3.05, 3.63) is 48.5 Å². The standard InChI is InChI=1S/C30H34O8/c1-3-5-19-35-25(31)15-17-27(33)37-29-21-11-7-9-13-23(21)30(24-14-10-8-12-22(24)29)38-28(34)18-16-26(32)36-20-6-4-2/h7-14H,3-6,15-20H2,1-2H3. The molecular weight excluding hydrogens is 488 g/mol. The third-order valence-electron chi connectivity index (χ3n) is 5.85. The highest BCUT2D eigenvalue weighted by atomic mass is 16.5. The Labute approximate surface area is 222 Å². The predicted molar refractivity (Wildman–Crippen MR) is 143 cm³/mol. The Kier molecular flexibility index (Phi) is 11.1. The molecule has 0 aliphatic heterocycles. The molecule has 0 spiro atoms. The van der Waals surface area contributed by atoms with Crippen LogP contribution in [0.25, 0.3) is 21.5 Å². The average Bonchev–Trinajstić information content (AvgIpc) is 2.92. The molecule has 0 atom stereocenters. The molecule has 3 aromatic rings. The van der Waals surface area contributed by atoms with Crippen LogP contribution < -0.4 is 9.47 Å². The highest BCUT2D eigenvalue weighted by molar-refractivity contribution is 6.12. The Hall–Kier alpha value is -3.94. The van der Waals surface area contributed by atoms with Gasteiger partial charge in [-0.2, -0.15) is 0 Å². The van der Waals surface area contributed by atoms with E-state index in [9.17, 15) is 19.2 Å². The summed E-state index contributed by atoms with van der Waals surface area (Å²) in [5.74, 6) is -1.39. The van der Waals surface area contributed by atoms with Crippen molar-refractivity contribution < 1.29 is 38.1 Å². The molecule has 0 bridgehead atoms. The van der Waals surface area contributed by atoms with Gasteiger partial charge in [-0.15, -0.1) is 0 Å². The molecular formula is C30H34O8. The van der Waals surface area contributed by atoms with Gasteiger partial charge < -0.3 is 18.9 Å². The third-order valence-corrected chi connectivity index (χ3v) is 5.85. The molecule has 0 unspecified atom stereocenters. The van der Waals surface area contributed by atoms with Crippen molar-refractivity contribution in [3.63, 3.8) is 0 Å². The molecule has 38 heavy (non-hydrogen) atoms. The fraction of sp³-hybridized carbons (Fsp3) is 0.400. The number of rotatable bonds is 14. The number of esters is 4. The first-order valence-electron chi connectivity index (χ1n) is 13.1. The summed E-state index contributed by atoms with van der Waals surface area (Å²) in [5, 5.41) is 2.30. The Balaban J connectivity index is 1.79.